The van der Waals surface area contributed by atoms with Crippen LogP contribution >= 0.6 is 21.6 Å². The number of carbonyl (C=O) groups excluding carboxylic acids is 4. The van der Waals surface area contributed by atoms with Gasteiger partial charge in [0.05, 0.1) is 13.2 Å². The molecule has 0 aromatic rings. The predicted molar refractivity (Wildman–Crippen MR) is 366 cm³/mol. The van der Waals surface area contributed by atoms with Crippen LogP contribution in [-0.4, -0.2) is 85.3 Å². The number of likely N-dealkylation sites (tertiary alicyclic amines) is 1. The summed E-state index contributed by atoms with van der Waals surface area (Å²) in [7, 11) is 4.12. The summed E-state index contributed by atoms with van der Waals surface area (Å²) in [5.41, 5.74) is 0. The van der Waals surface area contributed by atoms with E-state index in [9.17, 15) is 19.2 Å². The van der Waals surface area contributed by atoms with Crippen LogP contribution in [0.15, 0.2) is 0 Å². The Bertz CT molecular complexity index is 1480. The molecule has 500 valence electrons. The van der Waals surface area contributed by atoms with E-state index in [-0.39, 0.29) is 36.1 Å². The van der Waals surface area contributed by atoms with Crippen LogP contribution < -0.4 is 0 Å². The molecule has 2 fully saturated rings. The second-order valence-electron chi connectivity index (χ2n) is 26.7. The van der Waals surface area contributed by atoms with E-state index >= 15 is 0 Å². The second-order valence-corrected chi connectivity index (χ2v) is 29.4. The first-order valence-electron chi connectivity index (χ1n) is 37.4. The standard InChI is InChI=1S/C74H139NO8S2/c1-5-9-13-17-23-31-45-69(46-32-24-18-14-10-6-2)82-73(78)51-37-29-21-27-35-49-71(76)80-62-57-67-44-41-43-66(53-54-67)42-39-40-64-84-85-65-61-75-59-55-68(56-60-75)58-63-81-72(77)50-36-28-22-30-38-52-74(79)83-70(47-33-25-19-15-11-7-3)48-34-26-20-16-12-8-4/h66-70H,5-65H2,1-4H3. The Morgan fingerprint density at radius 1 is 0.353 bits per heavy atom. The normalized spacial score (nSPS) is 16.1. The van der Waals surface area contributed by atoms with E-state index in [1.807, 2.05) is 0 Å². The Kier molecular flexibility index (Phi) is 56.3. The van der Waals surface area contributed by atoms with Gasteiger partial charge in [-0.3, -0.25) is 19.2 Å². The van der Waals surface area contributed by atoms with Gasteiger partial charge in [-0.05, 0) is 140 Å². The first-order chi connectivity index (χ1) is 41.8. The Balaban J connectivity index is 1.39. The molecule has 0 bridgehead atoms. The van der Waals surface area contributed by atoms with Crippen molar-refractivity contribution < 1.29 is 38.1 Å². The van der Waals surface area contributed by atoms with Gasteiger partial charge in [-0.1, -0.05) is 261 Å². The fourth-order valence-electron chi connectivity index (χ4n) is 13.0. The minimum Gasteiger partial charge on any atom is -0.466 e. The zero-order valence-corrected chi connectivity index (χ0v) is 58.2. The van der Waals surface area contributed by atoms with Crippen molar-refractivity contribution in [3.8, 4) is 0 Å². The molecule has 9 nitrogen and oxygen atoms in total. The molecule has 2 rings (SSSR count). The van der Waals surface area contributed by atoms with Crippen molar-refractivity contribution in [3.05, 3.63) is 0 Å². The number of ether oxygens (including phenoxy) is 4. The van der Waals surface area contributed by atoms with E-state index < -0.39 is 0 Å². The summed E-state index contributed by atoms with van der Waals surface area (Å²) >= 11 is 0. The Hall–Kier alpha value is -1.46. The fourth-order valence-corrected chi connectivity index (χ4v) is 15.2. The van der Waals surface area contributed by atoms with Crippen LogP contribution in [-0.2, 0) is 38.1 Å². The lowest BCUT2D eigenvalue weighted by molar-refractivity contribution is -0.151. The van der Waals surface area contributed by atoms with Crippen LogP contribution in [0.2, 0.25) is 0 Å². The summed E-state index contributed by atoms with van der Waals surface area (Å²) in [6, 6.07) is 0. The number of hydrogen-bond acceptors (Lipinski definition) is 11. The van der Waals surface area contributed by atoms with Crippen molar-refractivity contribution in [1.29, 1.82) is 0 Å². The number of esters is 4. The van der Waals surface area contributed by atoms with Crippen LogP contribution in [0.25, 0.3) is 0 Å². The maximum atomic E-state index is 12.8. The number of hydrogen-bond donors (Lipinski definition) is 0. The van der Waals surface area contributed by atoms with E-state index in [4.69, 9.17) is 18.9 Å². The molecule has 1 saturated heterocycles. The van der Waals surface area contributed by atoms with Crippen molar-refractivity contribution in [2.45, 2.75) is 387 Å². The third-order valence-corrected chi connectivity index (χ3v) is 21.3. The fraction of sp³-hybridized carbons (Fsp3) is 0.946. The van der Waals surface area contributed by atoms with Gasteiger partial charge in [0, 0.05) is 43.7 Å². The summed E-state index contributed by atoms with van der Waals surface area (Å²) in [6.45, 7) is 13.7. The first kappa shape index (κ1) is 79.6. The third-order valence-electron chi connectivity index (χ3n) is 18.8. The van der Waals surface area contributed by atoms with E-state index in [1.54, 1.807) is 0 Å². The SMILES string of the molecule is CCCCCCCCC(CCCCCCCC)OC(=O)CCCCCCCC(=O)OCCC1CCCC(CCCCSSCCN2CCC(CCOC(=O)CCCCCCCC(=O)OC(CCCCCCCC)CCCCCCCC)CC2)CC1. The summed E-state index contributed by atoms with van der Waals surface area (Å²) < 4.78 is 23.4. The summed E-state index contributed by atoms with van der Waals surface area (Å²) in [5, 5.41) is 0. The monoisotopic (exact) mass is 1230 g/mol. The minimum absolute atomic E-state index is 0.0108. The maximum Gasteiger partial charge on any atom is 0.306 e. The van der Waals surface area contributed by atoms with Crippen molar-refractivity contribution in [1.82, 2.24) is 4.90 Å². The van der Waals surface area contributed by atoms with Crippen LogP contribution in [0.4, 0.5) is 0 Å². The van der Waals surface area contributed by atoms with Gasteiger partial charge in [-0.2, -0.15) is 0 Å². The smallest absolute Gasteiger partial charge is 0.306 e. The van der Waals surface area contributed by atoms with E-state index in [2.05, 4.69) is 54.2 Å². The van der Waals surface area contributed by atoms with Crippen molar-refractivity contribution in [3.63, 3.8) is 0 Å². The molecule has 0 radical (unpaired) electrons. The largest absolute Gasteiger partial charge is 0.466 e. The highest BCUT2D eigenvalue weighted by molar-refractivity contribution is 8.76. The van der Waals surface area contributed by atoms with E-state index in [0.29, 0.717) is 50.7 Å². The summed E-state index contributed by atoms with van der Waals surface area (Å²) in [6.07, 6.45) is 61.6. The van der Waals surface area contributed by atoms with Gasteiger partial charge < -0.3 is 23.8 Å². The van der Waals surface area contributed by atoms with Crippen molar-refractivity contribution in [2.75, 3.05) is 44.4 Å². The highest BCUT2D eigenvalue weighted by Crippen LogP contribution is 2.33. The number of nitrogens with zero attached hydrogens (tertiary/aromatic N) is 1. The molecule has 1 saturated carbocycles. The summed E-state index contributed by atoms with van der Waals surface area (Å²) in [4.78, 5) is 53.2. The molecule has 0 aromatic carbocycles. The highest BCUT2D eigenvalue weighted by Gasteiger charge is 2.22. The minimum atomic E-state index is -0.0498. The lowest BCUT2D eigenvalue weighted by atomic mass is 9.93. The number of carbonyl (C=O) groups is 4. The molecule has 0 aromatic heterocycles. The predicted octanol–water partition coefficient (Wildman–Crippen LogP) is 22.6. The molecule has 1 heterocycles. The third kappa shape index (κ3) is 50.9. The van der Waals surface area contributed by atoms with Gasteiger partial charge in [-0.15, -0.1) is 0 Å². The molecule has 0 amide bonds. The number of rotatable bonds is 61. The topological polar surface area (TPSA) is 108 Å². The average molecular weight is 1240 g/mol. The second kappa shape index (κ2) is 60.1. The lowest BCUT2D eigenvalue weighted by Crippen LogP contribution is -2.35. The van der Waals surface area contributed by atoms with Gasteiger partial charge in [-0.25, -0.2) is 0 Å². The molecule has 2 unspecified atom stereocenters. The lowest BCUT2D eigenvalue weighted by Gasteiger charge is -2.31. The molecule has 1 aliphatic heterocycles. The van der Waals surface area contributed by atoms with Crippen molar-refractivity contribution >= 4 is 45.5 Å². The van der Waals surface area contributed by atoms with Gasteiger partial charge >= 0.3 is 23.9 Å². The first-order valence-corrected chi connectivity index (χ1v) is 39.9. The van der Waals surface area contributed by atoms with Crippen LogP contribution in [0.3, 0.4) is 0 Å². The average Bonchev–Trinajstić information content (AvgIpc) is 3.74. The molecule has 0 spiro atoms. The van der Waals surface area contributed by atoms with E-state index in [1.165, 1.54) is 236 Å². The number of unbranched alkanes of at least 4 members (excludes halogenated alkanes) is 29. The summed E-state index contributed by atoms with van der Waals surface area (Å²) in [5.74, 6) is 4.55. The van der Waals surface area contributed by atoms with Gasteiger partial charge in [0.25, 0.3) is 0 Å². The molecule has 2 aliphatic rings. The quantitative estimate of drug-likeness (QED) is 0.0191. The molecule has 1 aliphatic carbocycles. The van der Waals surface area contributed by atoms with Gasteiger partial charge in [0.2, 0.25) is 0 Å². The molecular formula is C74H139NO8S2. The maximum absolute atomic E-state index is 12.8. The van der Waals surface area contributed by atoms with Crippen LogP contribution in [0.5, 0.6) is 0 Å². The Morgan fingerprint density at radius 3 is 1.08 bits per heavy atom. The van der Waals surface area contributed by atoms with E-state index in [0.717, 1.165) is 122 Å². The molecule has 11 heteroatoms. The number of piperidine rings is 1. The zero-order valence-electron chi connectivity index (χ0n) is 56.5. The molecule has 0 N–H and O–H groups in total. The Morgan fingerprint density at radius 2 is 0.682 bits per heavy atom. The van der Waals surface area contributed by atoms with Crippen LogP contribution in [0, 0.1) is 17.8 Å². The van der Waals surface area contributed by atoms with Gasteiger partial charge in [0.1, 0.15) is 12.2 Å². The zero-order chi connectivity index (χ0) is 61.1. The van der Waals surface area contributed by atoms with Gasteiger partial charge in [0.15, 0.2) is 0 Å². The van der Waals surface area contributed by atoms with Crippen molar-refractivity contribution in [2.24, 2.45) is 17.8 Å². The highest BCUT2D eigenvalue weighted by atomic mass is 33.1. The molecule has 85 heavy (non-hydrogen) atoms. The molecule has 2 atom stereocenters. The Labute approximate surface area is 534 Å². The van der Waals surface area contributed by atoms with Crippen LogP contribution in [0.1, 0.15) is 374 Å². The molecular weight excluding hydrogens is 1090 g/mol.